The van der Waals surface area contributed by atoms with Gasteiger partial charge in [-0.25, -0.2) is 15.0 Å². The fourth-order valence-electron chi connectivity index (χ4n) is 3.37. The number of fused-ring (bicyclic) bond motifs is 1. The van der Waals surface area contributed by atoms with E-state index in [0.29, 0.717) is 23.0 Å². The zero-order chi connectivity index (χ0) is 17.4. The average Bonchev–Trinajstić information content (AvgIpc) is 3.18. The quantitative estimate of drug-likeness (QED) is 0.568. The number of hydrogen-bond acceptors (Lipinski definition) is 8. The van der Waals surface area contributed by atoms with E-state index in [0.717, 1.165) is 19.3 Å². The van der Waals surface area contributed by atoms with Crippen LogP contribution in [-0.4, -0.2) is 65.8 Å². The van der Waals surface area contributed by atoms with Gasteiger partial charge in [-0.2, -0.15) is 0 Å². The molecule has 4 N–H and O–H groups in total. The Balaban J connectivity index is 1.64. The molecule has 0 spiro atoms. The fraction of sp³-hybridized carbons (Fsp3) is 0.562. The lowest BCUT2D eigenvalue weighted by Gasteiger charge is -2.20. The lowest BCUT2D eigenvalue weighted by Crippen LogP contribution is -2.33. The second-order valence-corrected chi connectivity index (χ2v) is 6.40. The largest absolute Gasteiger partial charge is 0.394 e. The molecule has 0 aromatic carbocycles. The molecule has 1 aliphatic carbocycles. The Morgan fingerprint density at radius 1 is 1.20 bits per heavy atom. The van der Waals surface area contributed by atoms with Crippen LogP contribution in [0.2, 0.25) is 0 Å². The Bertz CT molecular complexity index is 779. The summed E-state index contributed by atoms with van der Waals surface area (Å²) in [5.74, 6) is 0.635. The number of nitrogens with zero attached hydrogens (tertiary/aromatic N) is 4. The molecule has 1 aliphatic heterocycles. The van der Waals surface area contributed by atoms with Crippen molar-refractivity contribution in [3.05, 3.63) is 24.8 Å². The standard InChI is InChI=1S/C16H21N5O4/c22-6-10-12(23)13(24)16(25-10)21-8-19-11-14(17-7-18-15(11)21)20-9-4-2-1-3-5-9/h1-2,7-10,12-13,16,22-24H,3-6H2,(H,17,18,20)/t9?,10-,12-,13-,16?/m1/s1. The smallest absolute Gasteiger partial charge is 0.167 e. The van der Waals surface area contributed by atoms with Gasteiger partial charge >= 0.3 is 0 Å². The number of allylic oxidation sites excluding steroid dienone is 1. The molecule has 0 radical (unpaired) electrons. The summed E-state index contributed by atoms with van der Waals surface area (Å²) in [6, 6.07) is 0.294. The zero-order valence-corrected chi connectivity index (χ0v) is 13.6. The second kappa shape index (κ2) is 6.68. The highest BCUT2D eigenvalue weighted by molar-refractivity contribution is 5.82. The van der Waals surface area contributed by atoms with E-state index < -0.39 is 24.5 Å². The summed E-state index contributed by atoms with van der Waals surface area (Å²) in [7, 11) is 0. The maximum Gasteiger partial charge on any atom is 0.167 e. The number of imidazole rings is 1. The van der Waals surface area contributed by atoms with Gasteiger partial charge in [0, 0.05) is 6.04 Å². The van der Waals surface area contributed by atoms with Gasteiger partial charge in [0.05, 0.1) is 12.9 Å². The molecule has 5 atom stereocenters. The van der Waals surface area contributed by atoms with Crippen molar-refractivity contribution in [2.45, 2.75) is 49.8 Å². The van der Waals surface area contributed by atoms with Crippen LogP contribution in [0.15, 0.2) is 24.8 Å². The van der Waals surface area contributed by atoms with Crippen LogP contribution in [0.1, 0.15) is 25.5 Å². The van der Waals surface area contributed by atoms with Gasteiger partial charge in [-0.3, -0.25) is 4.57 Å². The third-order valence-corrected chi connectivity index (χ3v) is 4.76. The van der Waals surface area contributed by atoms with Gasteiger partial charge in [-0.05, 0) is 19.3 Å². The SMILES string of the molecule is OC[C@H]1OC(n2cnc3c(NC4CC=CCC4)ncnc32)[C@H](O)[C@@H]1O. The number of rotatable bonds is 4. The van der Waals surface area contributed by atoms with Gasteiger partial charge in [-0.1, -0.05) is 12.2 Å². The van der Waals surface area contributed by atoms with Crippen LogP contribution in [0, 0.1) is 0 Å². The summed E-state index contributed by atoms with van der Waals surface area (Å²) >= 11 is 0. The molecule has 3 heterocycles. The van der Waals surface area contributed by atoms with Crippen molar-refractivity contribution in [1.82, 2.24) is 19.5 Å². The first-order chi connectivity index (χ1) is 12.2. The molecule has 0 bridgehead atoms. The van der Waals surface area contributed by atoms with Gasteiger partial charge < -0.3 is 25.4 Å². The molecule has 134 valence electrons. The van der Waals surface area contributed by atoms with Crippen LogP contribution < -0.4 is 5.32 Å². The number of aliphatic hydroxyl groups excluding tert-OH is 3. The minimum absolute atomic E-state index is 0.294. The first-order valence-corrected chi connectivity index (χ1v) is 8.40. The normalized spacial score (nSPS) is 32.4. The maximum atomic E-state index is 10.2. The Kier molecular flexibility index (Phi) is 4.38. The minimum atomic E-state index is -1.18. The predicted octanol–water partition coefficient (Wildman–Crippen LogP) is -0.0416. The Hall–Kier alpha value is -2.07. The van der Waals surface area contributed by atoms with Crippen molar-refractivity contribution in [3.63, 3.8) is 0 Å². The van der Waals surface area contributed by atoms with E-state index in [1.54, 1.807) is 4.57 Å². The number of anilines is 1. The van der Waals surface area contributed by atoms with E-state index in [1.807, 2.05) is 0 Å². The molecular weight excluding hydrogens is 326 g/mol. The molecule has 1 fully saturated rings. The highest BCUT2D eigenvalue weighted by Crippen LogP contribution is 2.32. The topological polar surface area (TPSA) is 126 Å². The van der Waals surface area contributed by atoms with Crippen LogP contribution in [0.3, 0.4) is 0 Å². The van der Waals surface area contributed by atoms with Crippen LogP contribution in [0.5, 0.6) is 0 Å². The number of aromatic nitrogens is 4. The van der Waals surface area contributed by atoms with Crippen LogP contribution in [0.4, 0.5) is 5.82 Å². The highest BCUT2D eigenvalue weighted by Gasteiger charge is 2.44. The Labute approximate surface area is 144 Å². The molecule has 4 rings (SSSR count). The first kappa shape index (κ1) is 16.4. The third-order valence-electron chi connectivity index (χ3n) is 4.76. The summed E-state index contributed by atoms with van der Waals surface area (Å²) in [4.78, 5) is 12.9. The molecular formula is C16H21N5O4. The molecule has 0 saturated carbocycles. The number of nitrogens with one attached hydrogen (secondary N) is 1. The summed E-state index contributed by atoms with van der Waals surface area (Å²) in [6.07, 6.45) is 6.20. The molecule has 2 aromatic heterocycles. The highest BCUT2D eigenvalue weighted by atomic mass is 16.6. The van der Waals surface area contributed by atoms with Crippen molar-refractivity contribution in [2.24, 2.45) is 0 Å². The number of aliphatic hydroxyl groups is 3. The van der Waals surface area contributed by atoms with Gasteiger partial charge in [0.15, 0.2) is 23.2 Å². The number of ether oxygens (including phenoxy) is 1. The molecule has 1 saturated heterocycles. The van der Waals surface area contributed by atoms with Crippen molar-refractivity contribution in [3.8, 4) is 0 Å². The lowest BCUT2D eigenvalue weighted by molar-refractivity contribution is -0.0511. The fourth-order valence-corrected chi connectivity index (χ4v) is 3.37. The lowest BCUT2D eigenvalue weighted by atomic mass is 10.0. The molecule has 0 amide bonds. The zero-order valence-electron chi connectivity index (χ0n) is 13.6. The Morgan fingerprint density at radius 2 is 2.08 bits per heavy atom. The summed E-state index contributed by atoms with van der Waals surface area (Å²) in [6.45, 7) is -0.377. The van der Waals surface area contributed by atoms with Crippen LogP contribution in [-0.2, 0) is 4.74 Å². The Morgan fingerprint density at radius 3 is 2.80 bits per heavy atom. The predicted molar refractivity (Wildman–Crippen MR) is 88.7 cm³/mol. The van der Waals surface area contributed by atoms with Crippen molar-refractivity contribution < 1.29 is 20.1 Å². The first-order valence-electron chi connectivity index (χ1n) is 8.40. The van der Waals surface area contributed by atoms with Gasteiger partial charge in [0.1, 0.15) is 24.6 Å². The molecule has 25 heavy (non-hydrogen) atoms. The van der Waals surface area contributed by atoms with Crippen molar-refractivity contribution in [2.75, 3.05) is 11.9 Å². The van der Waals surface area contributed by atoms with E-state index in [9.17, 15) is 15.3 Å². The molecule has 9 heteroatoms. The van der Waals surface area contributed by atoms with Crippen LogP contribution >= 0.6 is 0 Å². The van der Waals surface area contributed by atoms with Gasteiger partial charge in [-0.15, -0.1) is 0 Å². The summed E-state index contributed by atoms with van der Waals surface area (Å²) in [5, 5.41) is 32.8. The minimum Gasteiger partial charge on any atom is -0.394 e. The summed E-state index contributed by atoms with van der Waals surface area (Å²) < 4.78 is 7.12. The van der Waals surface area contributed by atoms with Crippen molar-refractivity contribution in [1.29, 1.82) is 0 Å². The van der Waals surface area contributed by atoms with E-state index in [-0.39, 0.29) is 6.61 Å². The van der Waals surface area contributed by atoms with E-state index in [1.165, 1.54) is 12.7 Å². The van der Waals surface area contributed by atoms with E-state index >= 15 is 0 Å². The molecule has 2 unspecified atom stereocenters. The molecule has 2 aliphatic rings. The molecule has 2 aromatic rings. The monoisotopic (exact) mass is 347 g/mol. The van der Waals surface area contributed by atoms with Gasteiger partial charge in [0.2, 0.25) is 0 Å². The van der Waals surface area contributed by atoms with E-state index in [4.69, 9.17) is 4.74 Å². The average molecular weight is 347 g/mol. The maximum absolute atomic E-state index is 10.2. The van der Waals surface area contributed by atoms with Crippen LogP contribution in [0.25, 0.3) is 11.2 Å². The second-order valence-electron chi connectivity index (χ2n) is 6.40. The summed E-state index contributed by atoms with van der Waals surface area (Å²) in [5.41, 5.74) is 1.08. The van der Waals surface area contributed by atoms with E-state index in [2.05, 4.69) is 32.4 Å². The molecule has 9 nitrogen and oxygen atoms in total. The van der Waals surface area contributed by atoms with Gasteiger partial charge in [0.25, 0.3) is 0 Å². The third kappa shape index (κ3) is 2.89. The van der Waals surface area contributed by atoms with Crippen molar-refractivity contribution >= 4 is 17.0 Å². The number of hydrogen-bond donors (Lipinski definition) is 4.